The van der Waals surface area contributed by atoms with Crippen molar-refractivity contribution in [3.05, 3.63) is 60.1 Å². The molecule has 28 heavy (non-hydrogen) atoms. The van der Waals surface area contributed by atoms with Crippen molar-refractivity contribution >= 4 is 17.6 Å². The quantitative estimate of drug-likeness (QED) is 0.486. The van der Waals surface area contributed by atoms with E-state index in [1.807, 2.05) is 0 Å². The van der Waals surface area contributed by atoms with E-state index in [4.69, 9.17) is 9.52 Å². The number of nitrogens with one attached hydrogen (secondary N) is 2. The lowest BCUT2D eigenvalue weighted by molar-refractivity contribution is 0.0799. The Labute approximate surface area is 157 Å². The largest absolute Gasteiger partial charge is 0.423 e. The van der Waals surface area contributed by atoms with Crippen LogP contribution in [0, 0.1) is 11.6 Å². The summed E-state index contributed by atoms with van der Waals surface area (Å²) in [5.74, 6) is -2.21. The molecule has 2 heterocycles. The second kappa shape index (κ2) is 8.55. The van der Waals surface area contributed by atoms with E-state index in [1.54, 1.807) is 6.07 Å². The summed E-state index contributed by atoms with van der Waals surface area (Å²) in [4.78, 5) is 19.9. The van der Waals surface area contributed by atoms with Gasteiger partial charge in [0.15, 0.2) is 17.4 Å². The summed E-state index contributed by atoms with van der Waals surface area (Å²) >= 11 is 0. The summed E-state index contributed by atoms with van der Waals surface area (Å²) in [5.41, 5.74) is 0.922. The van der Waals surface area contributed by atoms with Gasteiger partial charge in [-0.05, 0) is 30.3 Å². The minimum absolute atomic E-state index is 0.0971. The summed E-state index contributed by atoms with van der Waals surface area (Å²) in [6.07, 6.45) is 1.69. The molecule has 10 heteroatoms. The summed E-state index contributed by atoms with van der Waals surface area (Å²) in [6.45, 7) is -0.556. The second-order valence-corrected chi connectivity index (χ2v) is 5.76. The summed E-state index contributed by atoms with van der Waals surface area (Å²) < 4.78 is 31.8. The van der Waals surface area contributed by atoms with E-state index in [-0.39, 0.29) is 24.0 Å². The normalized spacial score (nSPS) is 11.9. The summed E-state index contributed by atoms with van der Waals surface area (Å²) in [7, 11) is 0. The second-order valence-electron chi connectivity index (χ2n) is 5.76. The van der Waals surface area contributed by atoms with Crippen molar-refractivity contribution in [2.45, 2.75) is 6.10 Å². The van der Waals surface area contributed by atoms with E-state index in [0.717, 1.165) is 12.1 Å². The number of benzene rings is 1. The fourth-order valence-corrected chi connectivity index (χ4v) is 2.21. The fourth-order valence-electron chi connectivity index (χ4n) is 2.21. The Kier molecular flexibility index (Phi) is 5.92. The number of amides is 1. The predicted molar refractivity (Wildman–Crippen MR) is 94.8 cm³/mol. The highest BCUT2D eigenvalue weighted by molar-refractivity contribution is 5.92. The topological polar surface area (TPSA) is 121 Å². The van der Waals surface area contributed by atoms with Crippen molar-refractivity contribution in [1.82, 2.24) is 15.3 Å². The molecule has 0 aliphatic heterocycles. The first kappa shape index (κ1) is 19.4. The molecule has 3 rings (SSSR count). The molecule has 8 nitrogen and oxygen atoms in total. The molecule has 0 aliphatic rings. The number of oxazole rings is 1. The highest BCUT2D eigenvalue weighted by atomic mass is 19.2. The third kappa shape index (κ3) is 4.67. The lowest BCUT2D eigenvalue weighted by Crippen LogP contribution is -2.34. The Morgan fingerprint density at radius 2 is 1.96 bits per heavy atom. The molecule has 0 saturated carbocycles. The Morgan fingerprint density at radius 1 is 1.14 bits per heavy atom. The van der Waals surface area contributed by atoms with Crippen LogP contribution in [0.4, 0.5) is 20.5 Å². The molecule has 3 aromatic rings. The van der Waals surface area contributed by atoms with Crippen molar-refractivity contribution in [3.63, 3.8) is 0 Å². The van der Waals surface area contributed by atoms with Crippen molar-refractivity contribution in [1.29, 1.82) is 0 Å². The van der Waals surface area contributed by atoms with Crippen molar-refractivity contribution in [2.75, 3.05) is 18.5 Å². The van der Waals surface area contributed by atoms with Gasteiger partial charge in [0.1, 0.15) is 5.69 Å². The highest BCUT2D eigenvalue weighted by Gasteiger charge is 2.12. The number of nitrogens with zero attached hydrogens (tertiary/aromatic N) is 2. The number of aliphatic hydroxyl groups excluding tert-OH is 2. The first-order valence-electron chi connectivity index (χ1n) is 8.17. The zero-order chi connectivity index (χ0) is 20.1. The lowest BCUT2D eigenvalue weighted by atomic mass is 10.2. The van der Waals surface area contributed by atoms with E-state index in [2.05, 4.69) is 20.6 Å². The third-order valence-corrected chi connectivity index (χ3v) is 3.67. The Balaban J connectivity index is 1.64. The molecule has 0 bridgehead atoms. The van der Waals surface area contributed by atoms with Crippen LogP contribution in [0.1, 0.15) is 10.5 Å². The average Bonchev–Trinajstić information content (AvgIpc) is 3.17. The van der Waals surface area contributed by atoms with Crippen LogP contribution in [0.5, 0.6) is 0 Å². The smallest absolute Gasteiger partial charge is 0.299 e. The van der Waals surface area contributed by atoms with Gasteiger partial charge in [-0.3, -0.25) is 4.79 Å². The van der Waals surface area contributed by atoms with Crippen LogP contribution < -0.4 is 10.6 Å². The molecule has 0 radical (unpaired) electrons. The van der Waals surface area contributed by atoms with Crippen LogP contribution in [0.25, 0.3) is 11.3 Å². The molecule has 4 N–H and O–H groups in total. The van der Waals surface area contributed by atoms with E-state index in [0.29, 0.717) is 11.3 Å². The minimum atomic E-state index is -1.04. The Morgan fingerprint density at radius 3 is 2.64 bits per heavy atom. The molecule has 0 saturated heterocycles. The number of anilines is 2. The van der Waals surface area contributed by atoms with Gasteiger partial charge in [0.2, 0.25) is 0 Å². The fraction of sp³-hybridized carbons (Fsp3) is 0.167. The zero-order valence-corrected chi connectivity index (χ0v) is 14.4. The SMILES string of the molecule is O=C(NCC(O)CO)c1ccc(Nc2ncc(-c3ccc(F)c(F)c3)o2)cn1. The molecule has 1 atom stereocenters. The van der Waals surface area contributed by atoms with Crippen LogP contribution in [0.2, 0.25) is 0 Å². The van der Waals surface area contributed by atoms with Gasteiger partial charge < -0.3 is 25.3 Å². The van der Waals surface area contributed by atoms with Crippen molar-refractivity contribution < 1.29 is 28.2 Å². The van der Waals surface area contributed by atoms with Gasteiger partial charge in [0.05, 0.1) is 30.8 Å². The minimum Gasteiger partial charge on any atom is -0.423 e. The number of halogens is 2. The zero-order valence-electron chi connectivity index (χ0n) is 14.4. The van der Waals surface area contributed by atoms with Crippen LogP contribution in [-0.4, -0.2) is 45.3 Å². The number of hydrogen-bond donors (Lipinski definition) is 4. The van der Waals surface area contributed by atoms with Crippen LogP contribution in [0.15, 0.2) is 47.1 Å². The molecule has 0 fully saturated rings. The standard InChI is InChI=1S/C18H16F2N4O4/c19-13-3-1-10(5-14(13)20)16-8-23-18(28-16)24-11-2-4-15(21-6-11)17(27)22-7-12(26)9-25/h1-6,8,12,25-26H,7,9H2,(H,22,27)(H,23,24). The van der Waals surface area contributed by atoms with Gasteiger partial charge in [-0.2, -0.15) is 0 Å². The first-order chi connectivity index (χ1) is 13.5. The third-order valence-electron chi connectivity index (χ3n) is 3.67. The summed E-state index contributed by atoms with van der Waals surface area (Å²) in [5, 5.41) is 23.2. The maximum atomic E-state index is 13.3. The van der Waals surface area contributed by atoms with Crippen molar-refractivity contribution in [2.24, 2.45) is 0 Å². The first-order valence-corrected chi connectivity index (χ1v) is 8.17. The number of aromatic nitrogens is 2. The lowest BCUT2D eigenvalue weighted by Gasteiger charge is -2.08. The van der Waals surface area contributed by atoms with Crippen molar-refractivity contribution in [3.8, 4) is 11.3 Å². The molecule has 1 aromatic carbocycles. The van der Waals surface area contributed by atoms with Gasteiger partial charge in [0, 0.05) is 12.1 Å². The highest BCUT2D eigenvalue weighted by Crippen LogP contribution is 2.25. The van der Waals surface area contributed by atoms with E-state index in [1.165, 1.54) is 24.5 Å². The summed E-state index contributed by atoms with van der Waals surface area (Å²) in [6, 6.07) is 6.47. The van der Waals surface area contributed by atoms with E-state index in [9.17, 15) is 18.7 Å². The number of carbonyl (C=O) groups is 1. The number of rotatable bonds is 7. The average molecular weight is 390 g/mol. The maximum Gasteiger partial charge on any atom is 0.299 e. The van der Waals surface area contributed by atoms with Gasteiger partial charge in [-0.15, -0.1) is 0 Å². The van der Waals surface area contributed by atoms with Gasteiger partial charge in [-0.25, -0.2) is 18.7 Å². The molecule has 1 amide bonds. The maximum absolute atomic E-state index is 13.3. The van der Waals surface area contributed by atoms with Crippen LogP contribution in [-0.2, 0) is 0 Å². The molecule has 0 aliphatic carbocycles. The van der Waals surface area contributed by atoms with Gasteiger partial charge in [-0.1, -0.05) is 0 Å². The number of hydrogen-bond acceptors (Lipinski definition) is 7. The van der Waals surface area contributed by atoms with Crippen LogP contribution >= 0.6 is 0 Å². The molecular formula is C18H16F2N4O4. The van der Waals surface area contributed by atoms with Crippen LogP contribution in [0.3, 0.4) is 0 Å². The Bertz CT molecular complexity index is 962. The Hall–Kier alpha value is -3.37. The molecule has 1 unspecified atom stereocenters. The molecule has 2 aromatic heterocycles. The molecule has 0 spiro atoms. The van der Waals surface area contributed by atoms with E-state index < -0.39 is 30.3 Å². The number of carbonyl (C=O) groups excluding carboxylic acids is 1. The predicted octanol–water partition coefficient (Wildman–Crippen LogP) is 1.84. The van der Waals surface area contributed by atoms with Gasteiger partial charge in [0.25, 0.3) is 11.9 Å². The number of pyridine rings is 1. The molecule has 146 valence electrons. The number of aliphatic hydroxyl groups is 2. The monoisotopic (exact) mass is 390 g/mol. The van der Waals surface area contributed by atoms with Gasteiger partial charge >= 0.3 is 0 Å². The van der Waals surface area contributed by atoms with E-state index >= 15 is 0 Å². The molecular weight excluding hydrogens is 374 g/mol.